The van der Waals surface area contributed by atoms with Crippen LogP contribution in [0.25, 0.3) is 6.08 Å². The lowest BCUT2D eigenvalue weighted by Gasteiger charge is -1.99. The highest BCUT2D eigenvalue weighted by atomic mass is 19.1. The number of nitrogens with two attached hydrogens (primary N) is 1. The Labute approximate surface area is 86.6 Å². The van der Waals surface area contributed by atoms with Crippen LogP contribution < -0.4 is 5.73 Å². The average molecular weight is 204 g/mol. The largest absolute Gasteiger partial charge is 0.366 e. The molecule has 0 bridgehead atoms. The van der Waals surface area contributed by atoms with Crippen molar-refractivity contribution in [3.05, 3.63) is 41.2 Å². The van der Waals surface area contributed by atoms with Gasteiger partial charge in [0.15, 0.2) is 0 Å². The molecule has 0 fully saturated rings. The van der Waals surface area contributed by atoms with E-state index in [1.165, 1.54) is 24.3 Å². The van der Waals surface area contributed by atoms with Gasteiger partial charge >= 0.3 is 0 Å². The summed E-state index contributed by atoms with van der Waals surface area (Å²) >= 11 is 0. The van der Waals surface area contributed by atoms with Crippen molar-refractivity contribution in [1.29, 1.82) is 5.26 Å². The van der Waals surface area contributed by atoms with Gasteiger partial charge in [0, 0.05) is 11.6 Å². The standard InChI is InChI=1S/C11H9FN2O/c12-10-3-1-8(5-6-13)7-9(10)2-4-11(14)15/h1-4,7H,5H2,(H2,14,15). The molecule has 76 valence electrons. The molecule has 0 radical (unpaired) electrons. The van der Waals surface area contributed by atoms with E-state index in [9.17, 15) is 9.18 Å². The predicted molar refractivity (Wildman–Crippen MR) is 53.9 cm³/mol. The zero-order valence-corrected chi connectivity index (χ0v) is 7.90. The Balaban J connectivity index is 3.01. The van der Waals surface area contributed by atoms with E-state index in [-0.39, 0.29) is 12.0 Å². The molecule has 2 N–H and O–H groups in total. The number of carbonyl (C=O) groups is 1. The number of amides is 1. The Kier molecular flexibility index (Phi) is 3.58. The van der Waals surface area contributed by atoms with Gasteiger partial charge in [0.2, 0.25) is 5.91 Å². The van der Waals surface area contributed by atoms with Crippen molar-refractivity contribution in [2.24, 2.45) is 5.73 Å². The van der Waals surface area contributed by atoms with E-state index in [0.29, 0.717) is 5.56 Å². The molecule has 3 nitrogen and oxygen atoms in total. The number of benzene rings is 1. The molecule has 0 aliphatic carbocycles. The first-order valence-electron chi connectivity index (χ1n) is 4.26. The number of primary amides is 1. The second kappa shape index (κ2) is 4.91. The highest BCUT2D eigenvalue weighted by Crippen LogP contribution is 2.12. The molecule has 1 aromatic rings. The van der Waals surface area contributed by atoms with Gasteiger partial charge in [-0.2, -0.15) is 5.26 Å². The van der Waals surface area contributed by atoms with Crippen LogP contribution in [0.4, 0.5) is 4.39 Å². The lowest BCUT2D eigenvalue weighted by atomic mass is 10.1. The lowest BCUT2D eigenvalue weighted by molar-refractivity contribution is -0.113. The van der Waals surface area contributed by atoms with E-state index < -0.39 is 11.7 Å². The van der Waals surface area contributed by atoms with Crippen LogP contribution in [0.5, 0.6) is 0 Å². The Morgan fingerprint density at radius 1 is 1.60 bits per heavy atom. The van der Waals surface area contributed by atoms with E-state index in [2.05, 4.69) is 0 Å². The molecule has 0 saturated heterocycles. The lowest BCUT2D eigenvalue weighted by Crippen LogP contribution is -2.05. The minimum absolute atomic E-state index is 0.206. The van der Waals surface area contributed by atoms with Crippen molar-refractivity contribution in [1.82, 2.24) is 0 Å². The van der Waals surface area contributed by atoms with Gasteiger partial charge in [-0.1, -0.05) is 6.07 Å². The molecule has 1 amide bonds. The molecular formula is C11H9FN2O. The molecule has 0 aliphatic rings. The molecule has 0 saturated carbocycles. The molecule has 0 atom stereocenters. The summed E-state index contributed by atoms with van der Waals surface area (Å²) in [5.41, 5.74) is 5.84. The second-order valence-electron chi connectivity index (χ2n) is 2.93. The molecule has 4 heteroatoms. The molecular weight excluding hydrogens is 195 g/mol. The molecule has 0 spiro atoms. The summed E-state index contributed by atoms with van der Waals surface area (Å²) < 4.78 is 13.2. The molecule has 0 aromatic heterocycles. The monoisotopic (exact) mass is 204 g/mol. The van der Waals surface area contributed by atoms with Gasteiger partial charge in [-0.05, 0) is 23.8 Å². The fourth-order valence-corrected chi connectivity index (χ4v) is 1.09. The van der Waals surface area contributed by atoms with E-state index >= 15 is 0 Å². The van der Waals surface area contributed by atoms with Crippen LogP contribution in [0.15, 0.2) is 24.3 Å². The minimum atomic E-state index is -0.639. The van der Waals surface area contributed by atoms with Crippen molar-refractivity contribution in [3.8, 4) is 6.07 Å². The normalized spacial score (nSPS) is 10.1. The predicted octanol–water partition coefficient (Wildman–Crippen LogP) is 1.39. The van der Waals surface area contributed by atoms with Gasteiger partial charge in [-0.25, -0.2) is 4.39 Å². The summed E-state index contributed by atoms with van der Waals surface area (Å²) in [4.78, 5) is 10.5. The summed E-state index contributed by atoms with van der Waals surface area (Å²) in [6.07, 6.45) is 2.57. The van der Waals surface area contributed by atoms with Crippen LogP contribution in [0.3, 0.4) is 0 Å². The molecule has 1 rings (SSSR count). The topological polar surface area (TPSA) is 66.9 Å². The molecule has 1 aromatic carbocycles. The Morgan fingerprint density at radius 2 is 2.33 bits per heavy atom. The van der Waals surface area contributed by atoms with E-state index in [0.717, 1.165) is 6.08 Å². The molecule has 15 heavy (non-hydrogen) atoms. The van der Waals surface area contributed by atoms with Crippen LogP contribution in [0, 0.1) is 17.1 Å². The maximum atomic E-state index is 13.2. The number of nitriles is 1. The molecule has 0 aliphatic heterocycles. The zero-order valence-electron chi connectivity index (χ0n) is 7.90. The minimum Gasteiger partial charge on any atom is -0.366 e. The fourth-order valence-electron chi connectivity index (χ4n) is 1.09. The van der Waals surface area contributed by atoms with Gasteiger partial charge in [0.25, 0.3) is 0 Å². The summed E-state index contributed by atoms with van der Waals surface area (Å²) in [6, 6.07) is 6.25. The van der Waals surface area contributed by atoms with E-state index in [1.54, 1.807) is 0 Å². The Hall–Kier alpha value is -2.15. The van der Waals surface area contributed by atoms with Gasteiger partial charge in [-0.3, -0.25) is 4.79 Å². The van der Waals surface area contributed by atoms with Crippen LogP contribution in [-0.2, 0) is 11.2 Å². The van der Waals surface area contributed by atoms with E-state index in [1.807, 2.05) is 6.07 Å². The van der Waals surface area contributed by atoms with Crippen LogP contribution in [0.2, 0.25) is 0 Å². The molecule has 0 unspecified atom stereocenters. The van der Waals surface area contributed by atoms with Gasteiger partial charge in [0.05, 0.1) is 12.5 Å². The smallest absolute Gasteiger partial charge is 0.241 e. The van der Waals surface area contributed by atoms with Crippen molar-refractivity contribution < 1.29 is 9.18 Å². The third-order valence-corrected chi connectivity index (χ3v) is 1.77. The first-order valence-corrected chi connectivity index (χ1v) is 4.26. The van der Waals surface area contributed by atoms with Gasteiger partial charge in [-0.15, -0.1) is 0 Å². The van der Waals surface area contributed by atoms with Crippen molar-refractivity contribution >= 4 is 12.0 Å². The van der Waals surface area contributed by atoms with E-state index in [4.69, 9.17) is 11.0 Å². The van der Waals surface area contributed by atoms with Gasteiger partial charge < -0.3 is 5.73 Å². The summed E-state index contributed by atoms with van der Waals surface area (Å²) in [5.74, 6) is -1.09. The number of carbonyl (C=O) groups excluding carboxylic acids is 1. The third kappa shape index (κ3) is 3.24. The number of hydrogen-bond donors (Lipinski definition) is 1. The number of halogens is 1. The van der Waals surface area contributed by atoms with Crippen molar-refractivity contribution in [2.75, 3.05) is 0 Å². The van der Waals surface area contributed by atoms with Crippen LogP contribution in [0.1, 0.15) is 11.1 Å². The first kappa shape index (κ1) is 10.9. The Morgan fingerprint density at radius 3 is 2.93 bits per heavy atom. The summed E-state index contributed by atoms with van der Waals surface area (Å²) in [7, 11) is 0. The maximum Gasteiger partial charge on any atom is 0.241 e. The SMILES string of the molecule is N#CCc1ccc(F)c(C=CC(N)=O)c1. The quantitative estimate of drug-likeness (QED) is 0.756. The number of nitrogens with zero attached hydrogens (tertiary/aromatic N) is 1. The zero-order chi connectivity index (χ0) is 11.3. The summed E-state index contributed by atoms with van der Waals surface area (Å²) in [5, 5.41) is 8.46. The highest BCUT2D eigenvalue weighted by molar-refractivity contribution is 5.90. The number of hydrogen-bond acceptors (Lipinski definition) is 2. The second-order valence-corrected chi connectivity index (χ2v) is 2.93. The Bertz CT molecular complexity index is 446. The fraction of sp³-hybridized carbons (Fsp3) is 0.0909. The highest BCUT2D eigenvalue weighted by Gasteiger charge is 2.00. The van der Waals surface area contributed by atoms with Gasteiger partial charge in [0.1, 0.15) is 5.82 Å². The third-order valence-electron chi connectivity index (χ3n) is 1.77. The maximum absolute atomic E-state index is 13.2. The molecule has 0 heterocycles. The summed E-state index contributed by atoms with van der Waals surface area (Å²) in [6.45, 7) is 0. The average Bonchev–Trinajstić information content (AvgIpc) is 2.19. The van der Waals surface area contributed by atoms with Crippen LogP contribution >= 0.6 is 0 Å². The van der Waals surface area contributed by atoms with Crippen LogP contribution in [-0.4, -0.2) is 5.91 Å². The van der Waals surface area contributed by atoms with Crippen molar-refractivity contribution in [3.63, 3.8) is 0 Å². The first-order chi connectivity index (χ1) is 7.13. The van der Waals surface area contributed by atoms with Crippen molar-refractivity contribution in [2.45, 2.75) is 6.42 Å². The number of rotatable bonds is 3.